The minimum absolute atomic E-state index is 0.129. The Kier molecular flexibility index (Phi) is 5.81. The van der Waals surface area contributed by atoms with E-state index in [0.717, 1.165) is 4.90 Å². The lowest BCUT2D eigenvalue weighted by atomic mass is 9.97. The Bertz CT molecular complexity index is 568. The number of likely N-dealkylation sites (tertiary alicyclic amines) is 1. The smallest absolute Gasteiger partial charge is 0.279 e. The van der Waals surface area contributed by atoms with Gasteiger partial charge in [0.25, 0.3) is 5.91 Å². The van der Waals surface area contributed by atoms with E-state index in [1.807, 2.05) is 0 Å². The van der Waals surface area contributed by atoms with Gasteiger partial charge in [-0.25, -0.2) is 0 Å². The number of amides is 1. The number of piperidine rings is 1. The van der Waals surface area contributed by atoms with E-state index in [0.29, 0.717) is 49.7 Å². The van der Waals surface area contributed by atoms with E-state index in [9.17, 15) is 14.7 Å². The molecule has 1 aliphatic heterocycles. The van der Waals surface area contributed by atoms with Crippen LogP contribution in [0.25, 0.3) is 0 Å². The molecule has 7 heteroatoms. The zero-order chi connectivity index (χ0) is 16.8. The zero-order valence-corrected chi connectivity index (χ0v) is 13.4. The van der Waals surface area contributed by atoms with Gasteiger partial charge < -0.3 is 29.6 Å². The summed E-state index contributed by atoms with van der Waals surface area (Å²) in [5.74, 6) is -0.325. The van der Waals surface area contributed by atoms with Gasteiger partial charge >= 0.3 is 0 Å². The maximum atomic E-state index is 12.2. The number of quaternary nitrogens is 1. The minimum Gasteiger partial charge on any atom is -0.550 e. The molecule has 0 bridgehead atoms. The Balaban J connectivity index is 1.89. The van der Waals surface area contributed by atoms with Crippen LogP contribution < -0.4 is 24.8 Å². The number of carboxylic acid groups (broad SMARTS) is 1. The molecule has 126 valence electrons. The summed E-state index contributed by atoms with van der Waals surface area (Å²) in [6.07, 6.45) is 1.10. The average Bonchev–Trinajstić information content (AvgIpc) is 2.55. The van der Waals surface area contributed by atoms with Crippen molar-refractivity contribution in [2.75, 3.05) is 39.2 Å². The number of nitrogens with one attached hydrogen (secondary N) is 2. The van der Waals surface area contributed by atoms with Crippen LogP contribution in [0.15, 0.2) is 18.2 Å². The molecule has 1 heterocycles. The standard InChI is InChI=1S/C16H22N2O5/c1-22-12-3-4-13(14(9-12)23-2)17-15(19)10-18-7-5-11(6-8-18)16(20)21/h3-4,9,11H,5-8,10H2,1-2H3,(H,17,19)(H,20,21). The molecule has 0 saturated carbocycles. The molecule has 0 spiro atoms. The van der Waals surface area contributed by atoms with Crippen LogP contribution in [-0.2, 0) is 9.59 Å². The van der Waals surface area contributed by atoms with Crippen molar-refractivity contribution < 1.29 is 29.1 Å². The summed E-state index contributed by atoms with van der Waals surface area (Å²) in [5.41, 5.74) is 0.585. The third-order valence-corrected chi connectivity index (χ3v) is 4.12. The topological polar surface area (TPSA) is 92.1 Å². The number of hydrogen-bond donors (Lipinski definition) is 2. The van der Waals surface area contributed by atoms with E-state index in [4.69, 9.17) is 9.47 Å². The first-order valence-electron chi connectivity index (χ1n) is 7.59. The molecule has 0 unspecified atom stereocenters. The van der Waals surface area contributed by atoms with Gasteiger partial charge in [0, 0.05) is 30.8 Å². The number of carboxylic acids is 1. The molecule has 1 saturated heterocycles. The number of rotatable bonds is 6. The van der Waals surface area contributed by atoms with Crippen molar-refractivity contribution in [3.8, 4) is 11.5 Å². The highest BCUT2D eigenvalue weighted by molar-refractivity contribution is 5.93. The third-order valence-electron chi connectivity index (χ3n) is 4.12. The number of carbonyl (C=O) groups is 2. The second-order valence-electron chi connectivity index (χ2n) is 5.63. The predicted octanol–water partition coefficient (Wildman–Crippen LogP) is -1.31. The molecule has 0 radical (unpaired) electrons. The number of anilines is 1. The average molecular weight is 322 g/mol. The highest BCUT2D eigenvalue weighted by Gasteiger charge is 2.24. The number of methoxy groups -OCH3 is 2. The summed E-state index contributed by atoms with van der Waals surface area (Å²) in [6.45, 7) is 1.62. The van der Waals surface area contributed by atoms with Gasteiger partial charge in [-0.2, -0.15) is 0 Å². The van der Waals surface area contributed by atoms with Crippen molar-refractivity contribution in [2.24, 2.45) is 5.92 Å². The fraction of sp³-hybridized carbons (Fsp3) is 0.500. The van der Waals surface area contributed by atoms with Crippen LogP contribution in [0.3, 0.4) is 0 Å². The molecular formula is C16H22N2O5. The molecular weight excluding hydrogens is 300 g/mol. The van der Waals surface area contributed by atoms with Crippen LogP contribution in [-0.4, -0.2) is 45.7 Å². The molecule has 1 amide bonds. The molecule has 2 N–H and O–H groups in total. The summed E-state index contributed by atoms with van der Waals surface area (Å²) in [7, 11) is 3.09. The van der Waals surface area contributed by atoms with Crippen LogP contribution in [0.2, 0.25) is 0 Å². The Hall–Kier alpha value is -2.28. The monoisotopic (exact) mass is 322 g/mol. The quantitative estimate of drug-likeness (QED) is 0.678. The van der Waals surface area contributed by atoms with E-state index < -0.39 is 5.97 Å². The summed E-state index contributed by atoms with van der Waals surface area (Å²) >= 11 is 0. The number of hydrogen-bond acceptors (Lipinski definition) is 5. The Morgan fingerprint density at radius 3 is 2.52 bits per heavy atom. The van der Waals surface area contributed by atoms with Crippen LogP contribution in [0.4, 0.5) is 5.69 Å². The molecule has 0 aliphatic carbocycles. The third kappa shape index (κ3) is 4.59. The van der Waals surface area contributed by atoms with Gasteiger partial charge in [-0.1, -0.05) is 0 Å². The van der Waals surface area contributed by atoms with Crippen LogP contribution in [0.1, 0.15) is 12.8 Å². The van der Waals surface area contributed by atoms with Gasteiger partial charge in [-0.3, -0.25) is 4.79 Å². The molecule has 1 fully saturated rings. The van der Waals surface area contributed by atoms with Crippen LogP contribution in [0.5, 0.6) is 11.5 Å². The van der Waals surface area contributed by atoms with E-state index in [-0.39, 0.29) is 11.8 Å². The number of ether oxygens (including phenoxy) is 2. The Morgan fingerprint density at radius 2 is 1.96 bits per heavy atom. The van der Waals surface area contributed by atoms with E-state index in [2.05, 4.69) is 5.32 Å². The number of aliphatic carboxylic acids is 1. The lowest BCUT2D eigenvalue weighted by Gasteiger charge is -2.29. The van der Waals surface area contributed by atoms with Crippen molar-refractivity contribution in [1.82, 2.24) is 0 Å². The van der Waals surface area contributed by atoms with Gasteiger partial charge in [0.2, 0.25) is 0 Å². The van der Waals surface area contributed by atoms with Gasteiger partial charge in [0.05, 0.1) is 33.0 Å². The second kappa shape index (κ2) is 7.82. The first-order chi connectivity index (χ1) is 11.0. The van der Waals surface area contributed by atoms with Crippen molar-refractivity contribution in [1.29, 1.82) is 0 Å². The van der Waals surface area contributed by atoms with Gasteiger partial charge in [0.1, 0.15) is 11.5 Å². The zero-order valence-electron chi connectivity index (χ0n) is 13.4. The molecule has 2 rings (SSSR count). The minimum atomic E-state index is -0.989. The van der Waals surface area contributed by atoms with Gasteiger partial charge in [-0.15, -0.1) is 0 Å². The normalized spacial score (nSPS) is 20.6. The van der Waals surface area contributed by atoms with Crippen molar-refractivity contribution in [2.45, 2.75) is 12.8 Å². The fourth-order valence-electron chi connectivity index (χ4n) is 2.76. The lowest BCUT2D eigenvalue weighted by Crippen LogP contribution is -3.14. The van der Waals surface area contributed by atoms with Gasteiger partial charge in [-0.05, 0) is 12.1 Å². The molecule has 1 aliphatic rings. The highest BCUT2D eigenvalue weighted by atomic mass is 16.5. The van der Waals surface area contributed by atoms with Crippen LogP contribution in [0, 0.1) is 5.92 Å². The first-order valence-corrected chi connectivity index (χ1v) is 7.59. The first kappa shape index (κ1) is 17.1. The Morgan fingerprint density at radius 1 is 1.26 bits per heavy atom. The van der Waals surface area contributed by atoms with E-state index >= 15 is 0 Å². The van der Waals surface area contributed by atoms with E-state index in [1.165, 1.54) is 7.11 Å². The fourth-order valence-corrected chi connectivity index (χ4v) is 2.76. The maximum absolute atomic E-state index is 12.2. The lowest BCUT2D eigenvalue weighted by molar-refractivity contribution is -0.897. The summed E-state index contributed by atoms with van der Waals surface area (Å²) in [5, 5.41) is 13.6. The summed E-state index contributed by atoms with van der Waals surface area (Å²) < 4.78 is 10.4. The molecule has 0 atom stereocenters. The largest absolute Gasteiger partial charge is 0.550 e. The number of carbonyl (C=O) groups excluding carboxylic acids is 2. The summed E-state index contributed by atoms with van der Waals surface area (Å²) in [4.78, 5) is 24.1. The SMILES string of the molecule is COc1ccc(NC(=O)C[NH+]2CCC(C(=O)[O-])CC2)c(OC)c1. The molecule has 1 aromatic rings. The van der Waals surface area contributed by atoms with Crippen LogP contribution >= 0.6 is 0 Å². The predicted molar refractivity (Wildman–Crippen MR) is 81.5 cm³/mol. The van der Waals surface area contributed by atoms with Crippen molar-refractivity contribution in [3.05, 3.63) is 18.2 Å². The second-order valence-corrected chi connectivity index (χ2v) is 5.63. The van der Waals surface area contributed by atoms with Crippen molar-refractivity contribution >= 4 is 17.6 Å². The molecule has 0 aromatic heterocycles. The summed E-state index contributed by atoms with van der Waals surface area (Å²) in [6, 6.07) is 5.18. The van der Waals surface area contributed by atoms with Gasteiger partial charge in [0.15, 0.2) is 6.54 Å². The van der Waals surface area contributed by atoms with E-state index in [1.54, 1.807) is 25.3 Å². The molecule has 23 heavy (non-hydrogen) atoms. The van der Waals surface area contributed by atoms with Crippen molar-refractivity contribution in [3.63, 3.8) is 0 Å². The number of benzene rings is 1. The highest BCUT2D eigenvalue weighted by Crippen LogP contribution is 2.28. The molecule has 1 aromatic carbocycles. The Labute approximate surface area is 135 Å². The maximum Gasteiger partial charge on any atom is 0.279 e. The molecule has 7 nitrogen and oxygen atoms in total.